The third-order valence-corrected chi connectivity index (χ3v) is 7.79. The smallest absolute Gasteiger partial charge is 0.320 e. The average Bonchev–Trinajstić information content (AvgIpc) is 3.53. The second-order valence-electron chi connectivity index (χ2n) is 10.9. The molecule has 0 bridgehead atoms. The Bertz CT molecular complexity index is 1470. The number of hydrogen-bond acceptors (Lipinski definition) is 6. The molecule has 2 aliphatic rings. The Morgan fingerprint density at radius 3 is 2.48 bits per heavy atom. The lowest BCUT2D eigenvalue weighted by molar-refractivity contribution is -0.166. The highest BCUT2D eigenvalue weighted by Gasteiger charge is 2.38. The third kappa shape index (κ3) is 7.30. The number of halogens is 4. The van der Waals surface area contributed by atoms with Gasteiger partial charge in [-0.1, -0.05) is 24.3 Å². The molecule has 0 radical (unpaired) electrons. The van der Waals surface area contributed by atoms with Crippen LogP contribution < -0.4 is 15.4 Å². The van der Waals surface area contributed by atoms with Crippen molar-refractivity contribution in [3.8, 4) is 11.6 Å². The summed E-state index contributed by atoms with van der Waals surface area (Å²) in [4.78, 5) is 32.4. The summed E-state index contributed by atoms with van der Waals surface area (Å²) < 4.78 is 61.5. The van der Waals surface area contributed by atoms with E-state index in [-0.39, 0.29) is 23.9 Å². The van der Waals surface area contributed by atoms with Gasteiger partial charge in [-0.3, -0.25) is 14.9 Å². The van der Waals surface area contributed by atoms with Gasteiger partial charge in [0.1, 0.15) is 11.9 Å². The number of nitrogens with one attached hydrogen (secondary N) is 2. The van der Waals surface area contributed by atoms with Crippen LogP contribution in [0.3, 0.4) is 0 Å². The number of nitrogens with zero attached hydrogens (tertiary/aromatic N) is 4. The summed E-state index contributed by atoms with van der Waals surface area (Å²) >= 11 is 0. The normalized spacial score (nSPS) is 19.4. The van der Waals surface area contributed by atoms with Crippen molar-refractivity contribution in [2.24, 2.45) is 5.92 Å². The van der Waals surface area contributed by atoms with E-state index < -0.39 is 42.8 Å². The van der Waals surface area contributed by atoms with E-state index in [4.69, 9.17) is 9.57 Å². The quantitative estimate of drug-likeness (QED) is 0.333. The number of ether oxygens (including phenoxy) is 1. The van der Waals surface area contributed by atoms with E-state index in [0.29, 0.717) is 42.6 Å². The van der Waals surface area contributed by atoms with E-state index in [2.05, 4.69) is 15.7 Å². The van der Waals surface area contributed by atoms with E-state index in [0.717, 1.165) is 30.0 Å². The second-order valence-corrected chi connectivity index (χ2v) is 10.9. The molecule has 0 aliphatic carbocycles. The van der Waals surface area contributed by atoms with E-state index >= 15 is 0 Å². The van der Waals surface area contributed by atoms with Gasteiger partial charge in [-0.15, -0.1) is 5.10 Å². The molecule has 3 amide bonds. The zero-order valence-electron chi connectivity index (χ0n) is 24.3. The van der Waals surface area contributed by atoms with Crippen LogP contribution in [0.2, 0.25) is 0 Å². The van der Waals surface area contributed by atoms with Crippen molar-refractivity contribution < 1.29 is 36.7 Å². The number of urea groups is 1. The van der Waals surface area contributed by atoms with Crippen LogP contribution in [-0.2, 0) is 9.63 Å². The molecule has 2 N–H and O–H groups in total. The molecule has 0 unspecified atom stereocenters. The number of carbonyl (C=O) groups excluding carboxylic acids is 2. The Balaban J connectivity index is 1.33. The largest absolute Gasteiger partial charge is 0.476 e. The molecule has 44 heavy (non-hydrogen) atoms. The summed E-state index contributed by atoms with van der Waals surface area (Å²) in [7, 11) is 0. The zero-order valence-corrected chi connectivity index (χ0v) is 24.3. The molecule has 2 fully saturated rings. The highest BCUT2D eigenvalue weighted by molar-refractivity contribution is 5.90. The number of hydrogen-bond donors (Lipinski definition) is 2. The fourth-order valence-electron chi connectivity index (χ4n) is 5.41. The Labute approximate surface area is 251 Å². The number of hydroxylamine groups is 2. The summed E-state index contributed by atoms with van der Waals surface area (Å²) in [5, 5.41) is 11.1. The van der Waals surface area contributed by atoms with Crippen LogP contribution in [0.4, 0.5) is 28.2 Å². The SMILES string of the molecule is CC(=O)N1CCC(COc2nn(-c3ccccc3)c(NC(=O)N[C@@H]3CN(CC(F)F)O[C@H]3c3ccc(F)c(F)c3)c2C)CC1. The van der Waals surface area contributed by atoms with E-state index in [9.17, 15) is 27.2 Å². The number of carbonyl (C=O) groups is 2. The molecule has 5 rings (SSSR count). The number of rotatable bonds is 9. The molecular formula is C30H34F4N6O4. The van der Waals surface area contributed by atoms with E-state index in [1.165, 1.54) is 10.7 Å². The molecule has 0 saturated carbocycles. The first kappa shape index (κ1) is 31.3. The molecule has 2 aromatic carbocycles. The maximum atomic E-state index is 14.0. The van der Waals surface area contributed by atoms with Gasteiger partial charge in [0.25, 0.3) is 6.43 Å². The molecule has 2 saturated heterocycles. The number of para-hydroxylation sites is 1. The summed E-state index contributed by atoms with van der Waals surface area (Å²) in [6.07, 6.45) is -2.15. The molecule has 10 nitrogen and oxygen atoms in total. The van der Waals surface area contributed by atoms with Crippen molar-refractivity contribution in [1.29, 1.82) is 0 Å². The van der Waals surface area contributed by atoms with Crippen molar-refractivity contribution in [2.45, 2.75) is 45.3 Å². The highest BCUT2D eigenvalue weighted by Crippen LogP contribution is 2.32. The number of benzene rings is 2. The van der Waals surface area contributed by atoms with Gasteiger partial charge in [-0.25, -0.2) is 27.0 Å². The second kappa shape index (κ2) is 13.6. The molecule has 0 spiro atoms. The first-order chi connectivity index (χ1) is 21.1. The average molecular weight is 619 g/mol. The maximum absolute atomic E-state index is 14.0. The van der Waals surface area contributed by atoms with Crippen molar-refractivity contribution in [3.05, 3.63) is 71.3 Å². The van der Waals surface area contributed by atoms with Crippen molar-refractivity contribution in [1.82, 2.24) is 25.1 Å². The molecule has 14 heteroatoms. The van der Waals surface area contributed by atoms with Gasteiger partial charge in [0.2, 0.25) is 11.8 Å². The Morgan fingerprint density at radius 2 is 1.82 bits per heavy atom. The molecule has 236 valence electrons. The highest BCUT2D eigenvalue weighted by atomic mass is 19.3. The predicted molar refractivity (Wildman–Crippen MR) is 152 cm³/mol. The molecule has 1 aromatic heterocycles. The fraction of sp³-hybridized carbons (Fsp3) is 0.433. The van der Waals surface area contributed by atoms with Gasteiger partial charge in [-0.05, 0) is 55.5 Å². The maximum Gasteiger partial charge on any atom is 0.320 e. The Hall–Kier alpha value is -4.17. The summed E-state index contributed by atoms with van der Waals surface area (Å²) in [5.74, 6) is -1.26. The zero-order chi connectivity index (χ0) is 31.4. The molecule has 3 heterocycles. The van der Waals surface area contributed by atoms with Crippen molar-refractivity contribution in [3.63, 3.8) is 0 Å². The predicted octanol–water partition coefficient (Wildman–Crippen LogP) is 4.84. The number of likely N-dealkylation sites (tertiary alicyclic amines) is 1. The van der Waals surface area contributed by atoms with Crippen LogP contribution in [0.1, 0.15) is 37.0 Å². The van der Waals surface area contributed by atoms with Crippen LogP contribution in [0.25, 0.3) is 5.69 Å². The third-order valence-electron chi connectivity index (χ3n) is 7.79. The van der Waals surface area contributed by atoms with E-state index in [1.807, 2.05) is 35.2 Å². The summed E-state index contributed by atoms with van der Waals surface area (Å²) in [5.41, 5.74) is 1.40. The number of anilines is 1. The molecule has 2 aliphatic heterocycles. The van der Waals surface area contributed by atoms with Crippen LogP contribution in [0.5, 0.6) is 5.88 Å². The topological polar surface area (TPSA) is 101 Å². The first-order valence-electron chi connectivity index (χ1n) is 14.3. The van der Waals surface area contributed by atoms with Gasteiger partial charge in [-0.2, -0.15) is 5.06 Å². The minimum absolute atomic E-state index is 0.0536. The van der Waals surface area contributed by atoms with Crippen LogP contribution in [0, 0.1) is 24.5 Å². The van der Waals surface area contributed by atoms with Crippen LogP contribution >= 0.6 is 0 Å². The van der Waals surface area contributed by atoms with Gasteiger partial charge in [0.05, 0.1) is 30.4 Å². The standard InChI is InChI=1S/C30H34F4N6O4/c1-18-28(36-30(42)35-25-15-39(16-26(33)34)44-27(25)21-8-9-23(31)24(32)14-21)40(22-6-4-3-5-7-22)37-29(18)43-17-20-10-12-38(13-11-20)19(2)41/h3-9,14,20,25-27H,10-13,15-17H2,1-2H3,(H2,35,36,42)/t25-,27+/m1/s1. The van der Waals surface area contributed by atoms with Gasteiger partial charge in [0, 0.05) is 26.6 Å². The van der Waals surface area contributed by atoms with Crippen LogP contribution in [-0.4, -0.2) is 76.9 Å². The molecular weight excluding hydrogens is 584 g/mol. The van der Waals surface area contributed by atoms with Gasteiger partial charge in [0.15, 0.2) is 11.6 Å². The lowest BCUT2D eigenvalue weighted by atomic mass is 9.98. The summed E-state index contributed by atoms with van der Waals surface area (Å²) in [6.45, 7) is 4.19. The van der Waals surface area contributed by atoms with Gasteiger partial charge < -0.3 is 15.0 Å². The van der Waals surface area contributed by atoms with Crippen LogP contribution in [0.15, 0.2) is 48.5 Å². The lowest BCUT2D eigenvalue weighted by Crippen LogP contribution is -2.42. The molecule has 3 aromatic rings. The molecule has 2 atom stereocenters. The fourth-order valence-corrected chi connectivity index (χ4v) is 5.41. The monoisotopic (exact) mass is 618 g/mol. The number of aromatic nitrogens is 2. The lowest BCUT2D eigenvalue weighted by Gasteiger charge is -2.30. The minimum atomic E-state index is -2.71. The van der Waals surface area contributed by atoms with Crippen molar-refractivity contribution >= 4 is 17.8 Å². The first-order valence-corrected chi connectivity index (χ1v) is 14.3. The Kier molecular flexibility index (Phi) is 9.69. The minimum Gasteiger partial charge on any atom is -0.476 e. The number of alkyl halides is 2. The van der Waals surface area contributed by atoms with Gasteiger partial charge >= 0.3 is 6.03 Å². The summed E-state index contributed by atoms with van der Waals surface area (Å²) in [6, 6.07) is 10.7. The van der Waals surface area contributed by atoms with Crippen molar-refractivity contribution in [2.75, 3.05) is 38.1 Å². The van der Waals surface area contributed by atoms with E-state index in [1.54, 1.807) is 13.8 Å². The number of piperidine rings is 1. The number of amides is 3. The Morgan fingerprint density at radius 1 is 1.09 bits per heavy atom.